The average molecular weight is 460 g/mol. The number of amides is 3. The monoisotopic (exact) mass is 460 g/mol. The summed E-state index contributed by atoms with van der Waals surface area (Å²) >= 11 is 0. The Hall–Kier alpha value is -4.66. The molecule has 0 aliphatic rings. The van der Waals surface area contributed by atoms with Gasteiger partial charge in [-0.1, -0.05) is 48.5 Å². The SMILES string of the molecule is COc1cccc(NC(=O)C(=O)N/N=C\c2cccc(OCC(=O)NCc3ccccc3)c2)c1. The summed E-state index contributed by atoms with van der Waals surface area (Å²) in [5.74, 6) is -1.05. The topological polar surface area (TPSA) is 118 Å². The summed E-state index contributed by atoms with van der Waals surface area (Å²) in [5.41, 5.74) is 4.18. The van der Waals surface area contributed by atoms with Gasteiger partial charge in [0.05, 0.1) is 13.3 Å². The molecule has 0 radical (unpaired) electrons. The third-order valence-corrected chi connectivity index (χ3v) is 4.47. The van der Waals surface area contributed by atoms with Crippen LogP contribution in [0.15, 0.2) is 84.0 Å². The number of carbonyl (C=O) groups excluding carboxylic acids is 3. The number of hydrogen-bond donors (Lipinski definition) is 3. The van der Waals surface area contributed by atoms with E-state index in [4.69, 9.17) is 9.47 Å². The van der Waals surface area contributed by atoms with E-state index in [0.29, 0.717) is 29.3 Å². The zero-order valence-corrected chi connectivity index (χ0v) is 18.5. The molecule has 0 saturated carbocycles. The molecule has 0 spiro atoms. The predicted molar refractivity (Wildman–Crippen MR) is 128 cm³/mol. The molecule has 0 unspecified atom stereocenters. The second-order valence-corrected chi connectivity index (χ2v) is 7.01. The Morgan fingerprint density at radius 1 is 0.882 bits per heavy atom. The molecule has 0 heterocycles. The van der Waals surface area contributed by atoms with E-state index < -0.39 is 11.8 Å². The number of nitrogens with zero attached hydrogens (tertiary/aromatic N) is 1. The Labute approximate surface area is 196 Å². The minimum Gasteiger partial charge on any atom is -0.497 e. The molecular formula is C25H24N4O5. The molecule has 3 aromatic rings. The van der Waals surface area contributed by atoms with E-state index in [9.17, 15) is 14.4 Å². The van der Waals surface area contributed by atoms with E-state index in [1.54, 1.807) is 48.5 Å². The van der Waals surface area contributed by atoms with Gasteiger partial charge in [0.1, 0.15) is 11.5 Å². The van der Waals surface area contributed by atoms with Crippen molar-refractivity contribution in [2.24, 2.45) is 5.10 Å². The minimum absolute atomic E-state index is 0.144. The largest absolute Gasteiger partial charge is 0.497 e. The first kappa shape index (κ1) is 24.0. The van der Waals surface area contributed by atoms with Crippen LogP contribution in [0.5, 0.6) is 11.5 Å². The standard InChI is InChI=1S/C25H24N4O5/c1-33-21-11-6-10-20(14-21)28-24(31)25(32)29-27-16-19-9-5-12-22(13-19)34-17-23(30)26-15-18-7-3-2-4-8-18/h2-14,16H,15,17H2,1H3,(H,26,30)(H,28,31)(H,29,32)/b27-16-. The minimum atomic E-state index is -0.929. The van der Waals surface area contributed by atoms with Gasteiger partial charge in [-0.05, 0) is 35.4 Å². The average Bonchev–Trinajstić information content (AvgIpc) is 2.87. The molecule has 34 heavy (non-hydrogen) atoms. The molecule has 0 aliphatic heterocycles. The van der Waals surface area contributed by atoms with Crippen LogP contribution in [-0.4, -0.2) is 37.7 Å². The number of rotatable bonds is 9. The Morgan fingerprint density at radius 2 is 1.65 bits per heavy atom. The van der Waals surface area contributed by atoms with Gasteiger partial charge in [0.25, 0.3) is 5.91 Å². The van der Waals surface area contributed by atoms with E-state index in [0.717, 1.165) is 5.56 Å². The lowest BCUT2D eigenvalue weighted by molar-refractivity contribution is -0.136. The molecule has 0 atom stereocenters. The maximum absolute atomic E-state index is 12.0. The second-order valence-electron chi connectivity index (χ2n) is 7.01. The molecule has 3 rings (SSSR count). The molecule has 0 fully saturated rings. The van der Waals surface area contributed by atoms with Crippen molar-refractivity contribution in [2.45, 2.75) is 6.54 Å². The molecular weight excluding hydrogens is 436 g/mol. The third-order valence-electron chi connectivity index (χ3n) is 4.47. The zero-order chi connectivity index (χ0) is 24.2. The lowest BCUT2D eigenvalue weighted by atomic mass is 10.2. The Bertz CT molecular complexity index is 1160. The maximum atomic E-state index is 12.0. The van der Waals surface area contributed by atoms with Gasteiger partial charge in [-0.25, -0.2) is 5.43 Å². The number of carbonyl (C=O) groups is 3. The van der Waals surface area contributed by atoms with E-state index in [2.05, 4.69) is 21.2 Å². The first-order chi connectivity index (χ1) is 16.5. The molecule has 9 nitrogen and oxygen atoms in total. The van der Waals surface area contributed by atoms with E-state index >= 15 is 0 Å². The normalized spacial score (nSPS) is 10.4. The molecule has 0 bridgehead atoms. The van der Waals surface area contributed by atoms with Crippen molar-refractivity contribution in [3.05, 3.63) is 90.0 Å². The van der Waals surface area contributed by atoms with Crippen molar-refractivity contribution in [3.63, 3.8) is 0 Å². The van der Waals surface area contributed by atoms with E-state index in [1.807, 2.05) is 30.3 Å². The summed E-state index contributed by atoms with van der Waals surface area (Å²) < 4.78 is 10.6. The van der Waals surface area contributed by atoms with Crippen molar-refractivity contribution < 1.29 is 23.9 Å². The van der Waals surface area contributed by atoms with Gasteiger partial charge in [-0.2, -0.15) is 5.10 Å². The molecule has 3 N–H and O–H groups in total. The number of hydrazone groups is 1. The Morgan fingerprint density at radius 3 is 2.44 bits per heavy atom. The maximum Gasteiger partial charge on any atom is 0.329 e. The van der Waals surface area contributed by atoms with Crippen LogP contribution in [0.4, 0.5) is 5.69 Å². The van der Waals surface area contributed by atoms with Crippen LogP contribution < -0.4 is 25.5 Å². The highest BCUT2D eigenvalue weighted by Crippen LogP contribution is 2.16. The highest BCUT2D eigenvalue weighted by Gasteiger charge is 2.13. The van der Waals surface area contributed by atoms with Crippen molar-refractivity contribution in [3.8, 4) is 11.5 Å². The zero-order valence-electron chi connectivity index (χ0n) is 18.5. The Balaban J connectivity index is 1.44. The number of ether oxygens (including phenoxy) is 2. The van der Waals surface area contributed by atoms with E-state index in [1.165, 1.54) is 13.3 Å². The van der Waals surface area contributed by atoms with Gasteiger partial charge in [-0.3, -0.25) is 14.4 Å². The molecule has 9 heteroatoms. The molecule has 0 aromatic heterocycles. The summed E-state index contributed by atoms with van der Waals surface area (Å²) in [4.78, 5) is 36.0. The summed E-state index contributed by atoms with van der Waals surface area (Å²) in [5, 5.41) is 9.03. The van der Waals surface area contributed by atoms with Crippen molar-refractivity contribution in [1.82, 2.24) is 10.7 Å². The third kappa shape index (κ3) is 7.79. The molecule has 0 saturated heterocycles. The summed E-state index contributed by atoms with van der Waals surface area (Å²) in [6, 6.07) is 23.0. The Kier molecular flexibility index (Phi) is 8.75. The van der Waals surface area contributed by atoms with Gasteiger partial charge in [-0.15, -0.1) is 0 Å². The van der Waals surface area contributed by atoms with Crippen molar-refractivity contribution >= 4 is 29.6 Å². The van der Waals surface area contributed by atoms with Crippen LogP contribution in [0.1, 0.15) is 11.1 Å². The van der Waals surface area contributed by atoms with Gasteiger partial charge >= 0.3 is 11.8 Å². The molecule has 174 valence electrons. The predicted octanol–water partition coefficient (Wildman–Crippen LogP) is 2.48. The van der Waals surface area contributed by atoms with Gasteiger partial charge in [0.2, 0.25) is 0 Å². The van der Waals surface area contributed by atoms with Crippen LogP contribution in [0.2, 0.25) is 0 Å². The van der Waals surface area contributed by atoms with Gasteiger partial charge in [0.15, 0.2) is 6.61 Å². The van der Waals surface area contributed by atoms with E-state index in [-0.39, 0.29) is 12.5 Å². The lowest BCUT2D eigenvalue weighted by Gasteiger charge is -2.08. The van der Waals surface area contributed by atoms with Crippen LogP contribution in [0.25, 0.3) is 0 Å². The number of methoxy groups -OCH3 is 1. The fourth-order valence-electron chi connectivity index (χ4n) is 2.79. The van der Waals surface area contributed by atoms with Crippen molar-refractivity contribution in [2.75, 3.05) is 19.0 Å². The molecule has 0 aliphatic carbocycles. The quantitative estimate of drug-likeness (QED) is 0.258. The fourth-order valence-corrected chi connectivity index (χ4v) is 2.79. The van der Waals surface area contributed by atoms with Gasteiger partial charge < -0.3 is 20.1 Å². The first-order valence-corrected chi connectivity index (χ1v) is 10.4. The highest BCUT2D eigenvalue weighted by molar-refractivity contribution is 6.39. The number of nitrogens with one attached hydrogen (secondary N) is 3. The summed E-state index contributed by atoms with van der Waals surface area (Å²) in [6.07, 6.45) is 1.36. The summed E-state index contributed by atoms with van der Waals surface area (Å²) in [7, 11) is 1.50. The lowest BCUT2D eigenvalue weighted by Crippen LogP contribution is -2.32. The number of hydrogen-bond acceptors (Lipinski definition) is 6. The highest BCUT2D eigenvalue weighted by atomic mass is 16.5. The van der Waals surface area contributed by atoms with Crippen LogP contribution in [0, 0.1) is 0 Å². The number of benzene rings is 3. The van der Waals surface area contributed by atoms with Crippen LogP contribution >= 0.6 is 0 Å². The summed E-state index contributed by atoms with van der Waals surface area (Å²) in [6.45, 7) is 0.273. The van der Waals surface area contributed by atoms with Crippen molar-refractivity contribution in [1.29, 1.82) is 0 Å². The second kappa shape index (κ2) is 12.4. The molecule has 3 aromatic carbocycles. The van der Waals surface area contributed by atoms with Gasteiger partial charge in [0, 0.05) is 18.3 Å². The van der Waals surface area contributed by atoms with Crippen LogP contribution in [-0.2, 0) is 20.9 Å². The number of anilines is 1. The first-order valence-electron chi connectivity index (χ1n) is 10.4. The van der Waals surface area contributed by atoms with Crippen LogP contribution in [0.3, 0.4) is 0 Å². The fraction of sp³-hybridized carbons (Fsp3) is 0.120. The smallest absolute Gasteiger partial charge is 0.329 e. The molecule has 3 amide bonds.